The Bertz CT molecular complexity index is 574. The molecule has 1 aliphatic heterocycles. The highest BCUT2D eigenvalue weighted by molar-refractivity contribution is 5.78. The Balaban J connectivity index is 1.61. The number of nitrogens with two attached hydrogens (primary N) is 1. The van der Waals surface area contributed by atoms with Crippen LogP contribution in [0.15, 0.2) is 30.3 Å². The van der Waals surface area contributed by atoms with Gasteiger partial charge in [-0.2, -0.15) is 0 Å². The van der Waals surface area contributed by atoms with E-state index in [1.807, 2.05) is 35.2 Å². The second-order valence-corrected chi connectivity index (χ2v) is 6.52. The largest absolute Gasteiger partial charge is 0.445 e. The average Bonchev–Trinajstić information content (AvgIpc) is 3.45. The van der Waals surface area contributed by atoms with Crippen LogP contribution in [0.3, 0.4) is 0 Å². The van der Waals surface area contributed by atoms with E-state index in [1.54, 1.807) is 4.90 Å². The number of piperidine rings is 1. The van der Waals surface area contributed by atoms with E-state index in [2.05, 4.69) is 0 Å². The van der Waals surface area contributed by atoms with Gasteiger partial charge in [0.05, 0.1) is 12.6 Å². The molecule has 0 spiro atoms. The van der Waals surface area contributed by atoms with Crippen LogP contribution in [0.2, 0.25) is 0 Å². The Morgan fingerprint density at radius 1 is 1.17 bits per heavy atom. The lowest BCUT2D eigenvalue weighted by Crippen LogP contribution is -2.53. The summed E-state index contributed by atoms with van der Waals surface area (Å²) in [5, 5.41) is 0. The third-order valence-corrected chi connectivity index (χ3v) is 4.67. The van der Waals surface area contributed by atoms with Crippen LogP contribution >= 0.6 is 0 Å². The van der Waals surface area contributed by atoms with Crippen molar-refractivity contribution < 1.29 is 14.3 Å². The molecule has 1 aromatic rings. The predicted molar refractivity (Wildman–Crippen MR) is 90.1 cm³/mol. The van der Waals surface area contributed by atoms with Crippen molar-refractivity contribution in [2.45, 2.75) is 44.4 Å². The molecule has 24 heavy (non-hydrogen) atoms. The number of carbonyl (C=O) groups is 2. The molecule has 3 rings (SSSR count). The van der Waals surface area contributed by atoms with Crippen molar-refractivity contribution >= 4 is 12.0 Å². The summed E-state index contributed by atoms with van der Waals surface area (Å²) in [6.45, 7) is 1.59. The minimum atomic E-state index is -0.270. The molecule has 0 radical (unpaired) electrons. The van der Waals surface area contributed by atoms with E-state index in [4.69, 9.17) is 10.5 Å². The summed E-state index contributed by atoms with van der Waals surface area (Å²) >= 11 is 0. The van der Waals surface area contributed by atoms with E-state index >= 15 is 0 Å². The van der Waals surface area contributed by atoms with Crippen LogP contribution in [0.25, 0.3) is 0 Å². The molecule has 2 amide bonds. The fourth-order valence-corrected chi connectivity index (χ4v) is 3.28. The lowest BCUT2D eigenvalue weighted by molar-refractivity contribution is -0.131. The van der Waals surface area contributed by atoms with Crippen molar-refractivity contribution in [1.82, 2.24) is 9.80 Å². The summed E-state index contributed by atoms with van der Waals surface area (Å²) in [7, 11) is 0. The Kier molecular flexibility index (Phi) is 5.35. The minimum absolute atomic E-state index is 0.0224. The average molecular weight is 331 g/mol. The second kappa shape index (κ2) is 7.66. The van der Waals surface area contributed by atoms with Crippen molar-refractivity contribution in [3.05, 3.63) is 35.9 Å². The van der Waals surface area contributed by atoms with Gasteiger partial charge in [-0.3, -0.25) is 4.79 Å². The first-order chi connectivity index (χ1) is 11.7. The molecule has 1 saturated carbocycles. The van der Waals surface area contributed by atoms with Gasteiger partial charge in [-0.15, -0.1) is 0 Å². The van der Waals surface area contributed by atoms with Crippen LogP contribution in [0.4, 0.5) is 4.79 Å². The molecular formula is C18H25N3O3. The van der Waals surface area contributed by atoms with Crippen molar-refractivity contribution in [1.29, 1.82) is 0 Å². The summed E-state index contributed by atoms with van der Waals surface area (Å²) in [5.74, 6) is -0.0481. The zero-order valence-corrected chi connectivity index (χ0v) is 13.9. The highest BCUT2D eigenvalue weighted by Gasteiger charge is 2.40. The Morgan fingerprint density at radius 3 is 2.58 bits per heavy atom. The van der Waals surface area contributed by atoms with E-state index in [-0.39, 0.29) is 37.2 Å². The molecule has 2 fully saturated rings. The van der Waals surface area contributed by atoms with Gasteiger partial charge in [0.25, 0.3) is 0 Å². The SMILES string of the molecule is NCC(=O)N1CCCC(N(C(=O)OCc2ccccc2)C2CC2)C1. The molecular weight excluding hydrogens is 306 g/mol. The molecule has 1 heterocycles. The molecule has 2 aliphatic rings. The maximum Gasteiger partial charge on any atom is 0.410 e. The van der Waals surface area contributed by atoms with Gasteiger partial charge >= 0.3 is 6.09 Å². The number of carbonyl (C=O) groups excluding carboxylic acids is 2. The topological polar surface area (TPSA) is 75.9 Å². The lowest BCUT2D eigenvalue weighted by Gasteiger charge is -2.39. The highest BCUT2D eigenvalue weighted by atomic mass is 16.6. The smallest absolute Gasteiger partial charge is 0.410 e. The number of amides is 2. The highest BCUT2D eigenvalue weighted by Crippen LogP contribution is 2.32. The van der Waals surface area contributed by atoms with Gasteiger partial charge in [0, 0.05) is 19.1 Å². The summed E-state index contributed by atoms with van der Waals surface area (Å²) in [6.07, 6.45) is 3.56. The Hall–Kier alpha value is -2.08. The standard InChI is InChI=1S/C18H25N3O3/c19-11-17(22)20-10-4-7-16(12-20)21(15-8-9-15)18(23)24-13-14-5-2-1-3-6-14/h1-3,5-6,15-16H,4,7-13,19H2. The van der Waals surface area contributed by atoms with Gasteiger partial charge < -0.3 is 20.3 Å². The Labute approximate surface area is 142 Å². The summed E-state index contributed by atoms with van der Waals surface area (Å²) in [5.41, 5.74) is 6.45. The maximum atomic E-state index is 12.6. The van der Waals surface area contributed by atoms with Gasteiger partial charge in [-0.05, 0) is 31.2 Å². The fourth-order valence-electron chi connectivity index (χ4n) is 3.28. The number of rotatable bonds is 5. The molecule has 0 bridgehead atoms. The molecule has 1 saturated heterocycles. The van der Waals surface area contributed by atoms with Gasteiger partial charge in [0.1, 0.15) is 6.61 Å². The maximum absolute atomic E-state index is 12.6. The number of benzene rings is 1. The van der Waals surface area contributed by atoms with Crippen molar-refractivity contribution in [2.24, 2.45) is 5.73 Å². The molecule has 6 nitrogen and oxygen atoms in total. The monoisotopic (exact) mass is 331 g/mol. The van der Waals surface area contributed by atoms with Crippen LogP contribution < -0.4 is 5.73 Å². The van der Waals surface area contributed by atoms with Crippen LogP contribution in [-0.4, -0.2) is 53.5 Å². The molecule has 6 heteroatoms. The normalized spacial score (nSPS) is 20.5. The number of ether oxygens (including phenoxy) is 1. The molecule has 1 aromatic carbocycles. The number of likely N-dealkylation sites (tertiary alicyclic amines) is 1. The van der Waals surface area contributed by atoms with Crippen LogP contribution in [0, 0.1) is 0 Å². The first kappa shape index (κ1) is 16.8. The van der Waals surface area contributed by atoms with Crippen molar-refractivity contribution in [3.63, 3.8) is 0 Å². The van der Waals surface area contributed by atoms with E-state index in [0.29, 0.717) is 6.54 Å². The van der Waals surface area contributed by atoms with Gasteiger partial charge in [-0.1, -0.05) is 30.3 Å². The summed E-state index contributed by atoms with van der Waals surface area (Å²) in [6, 6.07) is 9.97. The Morgan fingerprint density at radius 2 is 1.92 bits per heavy atom. The molecule has 1 atom stereocenters. The molecule has 1 aliphatic carbocycles. The van der Waals surface area contributed by atoms with Crippen LogP contribution in [0.5, 0.6) is 0 Å². The molecule has 2 N–H and O–H groups in total. The van der Waals surface area contributed by atoms with E-state index in [9.17, 15) is 9.59 Å². The number of nitrogens with zero attached hydrogens (tertiary/aromatic N) is 2. The predicted octanol–water partition coefficient (Wildman–Crippen LogP) is 1.74. The summed E-state index contributed by atoms with van der Waals surface area (Å²) < 4.78 is 5.53. The van der Waals surface area contributed by atoms with Crippen LogP contribution in [0.1, 0.15) is 31.2 Å². The minimum Gasteiger partial charge on any atom is -0.445 e. The lowest BCUT2D eigenvalue weighted by atomic mass is 10.0. The van der Waals surface area contributed by atoms with Crippen molar-refractivity contribution in [2.75, 3.05) is 19.6 Å². The first-order valence-corrected chi connectivity index (χ1v) is 8.66. The van der Waals surface area contributed by atoms with Crippen molar-refractivity contribution in [3.8, 4) is 0 Å². The van der Waals surface area contributed by atoms with Crippen LogP contribution in [-0.2, 0) is 16.1 Å². The van der Waals surface area contributed by atoms with E-state index in [0.717, 1.165) is 37.8 Å². The van der Waals surface area contributed by atoms with Gasteiger partial charge in [0.2, 0.25) is 5.91 Å². The first-order valence-electron chi connectivity index (χ1n) is 8.66. The summed E-state index contributed by atoms with van der Waals surface area (Å²) in [4.78, 5) is 28.1. The van der Waals surface area contributed by atoms with E-state index in [1.165, 1.54) is 0 Å². The second-order valence-electron chi connectivity index (χ2n) is 6.52. The number of hydrogen-bond donors (Lipinski definition) is 1. The zero-order chi connectivity index (χ0) is 16.9. The molecule has 1 unspecified atom stereocenters. The van der Waals surface area contributed by atoms with Gasteiger partial charge in [0.15, 0.2) is 0 Å². The third kappa shape index (κ3) is 4.06. The van der Waals surface area contributed by atoms with Gasteiger partial charge in [-0.25, -0.2) is 4.79 Å². The molecule has 0 aromatic heterocycles. The zero-order valence-electron chi connectivity index (χ0n) is 13.9. The quantitative estimate of drug-likeness (QED) is 0.892. The third-order valence-electron chi connectivity index (χ3n) is 4.67. The van der Waals surface area contributed by atoms with E-state index < -0.39 is 0 Å². The molecule has 130 valence electrons. The number of hydrogen-bond acceptors (Lipinski definition) is 4. The fraction of sp³-hybridized carbons (Fsp3) is 0.556.